The van der Waals surface area contributed by atoms with Crippen LogP contribution in [0.25, 0.3) is 11.3 Å². The fourth-order valence-corrected chi connectivity index (χ4v) is 3.68. The number of carbonyl (C=O) groups excluding carboxylic acids is 1. The molecule has 1 aliphatic heterocycles. The third-order valence-electron chi connectivity index (χ3n) is 5.22. The van der Waals surface area contributed by atoms with Crippen LogP contribution in [0.3, 0.4) is 0 Å². The molecule has 1 saturated heterocycles. The van der Waals surface area contributed by atoms with E-state index in [1.165, 1.54) is 0 Å². The molecule has 1 aromatic carbocycles. The SMILES string of the molecule is Cc1cc(=O)n(CC2CCN(C(=O)CC(C)C)CC2)nc1-c1ccccc1. The molecule has 0 unspecified atom stereocenters. The number of hydrogen-bond donors (Lipinski definition) is 0. The van der Waals surface area contributed by atoms with E-state index in [0.717, 1.165) is 42.8 Å². The molecule has 3 rings (SSSR count). The Labute approximate surface area is 161 Å². The van der Waals surface area contributed by atoms with Crippen LogP contribution in [-0.2, 0) is 11.3 Å². The number of rotatable bonds is 5. The summed E-state index contributed by atoms with van der Waals surface area (Å²) in [5, 5.41) is 4.65. The summed E-state index contributed by atoms with van der Waals surface area (Å²) in [5.74, 6) is 1.02. The summed E-state index contributed by atoms with van der Waals surface area (Å²) in [5.41, 5.74) is 2.74. The zero-order chi connectivity index (χ0) is 19.4. The Morgan fingerprint density at radius 1 is 1.19 bits per heavy atom. The van der Waals surface area contributed by atoms with E-state index in [-0.39, 0.29) is 11.5 Å². The predicted octanol–water partition coefficient (Wildman–Crippen LogP) is 3.50. The molecule has 1 aromatic heterocycles. The fourth-order valence-electron chi connectivity index (χ4n) is 3.68. The molecule has 0 N–H and O–H groups in total. The molecule has 1 aliphatic rings. The first kappa shape index (κ1) is 19.3. The Hall–Kier alpha value is -2.43. The monoisotopic (exact) mass is 367 g/mol. The first-order chi connectivity index (χ1) is 12.9. The third-order valence-corrected chi connectivity index (χ3v) is 5.22. The van der Waals surface area contributed by atoms with Crippen LogP contribution in [0.5, 0.6) is 0 Å². The summed E-state index contributed by atoms with van der Waals surface area (Å²) in [6.07, 6.45) is 2.46. The van der Waals surface area contributed by atoms with Gasteiger partial charge in [-0.3, -0.25) is 9.59 Å². The third kappa shape index (κ3) is 4.85. The second kappa shape index (κ2) is 8.51. The van der Waals surface area contributed by atoms with E-state index in [4.69, 9.17) is 0 Å². The van der Waals surface area contributed by atoms with E-state index in [0.29, 0.717) is 24.8 Å². The summed E-state index contributed by atoms with van der Waals surface area (Å²) in [4.78, 5) is 26.6. The summed E-state index contributed by atoms with van der Waals surface area (Å²) < 4.78 is 1.60. The quantitative estimate of drug-likeness (QED) is 0.813. The van der Waals surface area contributed by atoms with Crippen LogP contribution >= 0.6 is 0 Å². The van der Waals surface area contributed by atoms with Crippen molar-refractivity contribution in [2.45, 2.75) is 46.6 Å². The minimum atomic E-state index is -0.0505. The van der Waals surface area contributed by atoms with Gasteiger partial charge in [-0.05, 0) is 37.2 Å². The smallest absolute Gasteiger partial charge is 0.267 e. The van der Waals surface area contributed by atoms with Crippen LogP contribution in [0.15, 0.2) is 41.2 Å². The maximum Gasteiger partial charge on any atom is 0.267 e. The van der Waals surface area contributed by atoms with Crippen molar-refractivity contribution in [1.82, 2.24) is 14.7 Å². The van der Waals surface area contributed by atoms with Gasteiger partial charge in [-0.1, -0.05) is 44.2 Å². The van der Waals surface area contributed by atoms with Gasteiger partial charge in [0.15, 0.2) is 0 Å². The van der Waals surface area contributed by atoms with Crippen LogP contribution in [0.2, 0.25) is 0 Å². The molecule has 0 radical (unpaired) electrons. The Morgan fingerprint density at radius 3 is 2.48 bits per heavy atom. The number of aromatic nitrogens is 2. The second-order valence-corrected chi connectivity index (χ2v) is 7.98. The van der Waals surface area contributed by atoms with E-state index < -0.39 is 0 Å². The van der Waals surface area contributed by atoms with Crippen molar-refractivity contribution in [3.8, 4) is 11.3 Å². The van der Waals surface area contributed by atoms with Crippen LogP contribution in [-0.4, -0.2) is 33.7 Å². The van der Waals surface area contributed by atoms with E-state index in [9.17, 15) is 9.59 Å². The lowest BCUT2D eigenvalue weighted by atomic mass is 9.96. The van der Waals surface area contributed by atoms with Crippen molar-refractivity contribution in [1.29, 1.82) is 0 Å². The fraction of sp³-hybridized carbons (Fsp3) is 0.500. The molecular weight excluding hydrogens is 338 g/mol. The number of piperidine rings is 1. The number of aryl methyl sites for hydroxylation is 1. The van der Waals surface area contributed by atoms with Gasteiger partial charge in [0.1, 0.15) is 0 Å². The van der Waals surface area contributed by atoms with E-state index in [1.807, 2.05) is 42.2 Å². The van der Waals surface area contributed by atoms with E-state index in [2.05, 4.69) is 18.9 Å². The summed E-state index contributed by atoms with van der Waals surface area (Å²) in [6.45, 7) is 8.25. The molecule has 0 spiro atoms. The first-order valence-electron chi connectivity index (χ1n) is 9.86. The zero-order valence-corrected chi connectivity index (χ0v) is 16.5. The topological polar surface area (TPSA) is 55.2 Å². The first-order valence-corrected chi connectivity index (χ1v) is 9.86. The van der Waals surface area contributed by atoms with Gasteiger partial charge in [0.2, 0.25) is 5.91 Å². The van der Waals surface area contributed by atoms with Crippen molar-refractivity contribution < 1.29 is 4.79 Å². The van der Waals surface area contributed by atoms with Gasteiger partial charge in [-0.25, -0.2) is 4.68 Å². The van der Waals surface area contributed by atoms with Crippen molar-refractivity contribution in [3.05, 3.63) is 52.3 Å². The molecule has 0 bridgehead atoms. The average molecular weight is 367 g/mol. The molecule has 0 saturated carbocycles. The standard InChI is InChI=1S/C22H29N3O2/c1-16(2)13-20(26)24-11-9-18(10-12-24)15-25-21(27)14-17(3)22(23-25)19-7-5-4-6-8-19/h4-8,14,16,18H,9-13,15H2,1-3H3. The average Bonchev–Trinajstić information content (AvgIpc) is 2.64. The maximum atomic E-state index is 12.4. The van der Waals surface area contributed by atoms with Crippen molar-refractivity contribution >= 4 is 5.91 Å². The molecule has 1 fully saturated rings. The lowest BCUT2D eigenvalue weighted by Gasteiger charge is -2.32. The minimum Gasteiger partial charge on any atom is -0.343 e. The lowest BCUT2D eigenvalue weighted by Crippen LogP contribution is -2.40. The van der Waals surface area contributed by atoms with Gasteiger partial charge >= 0.3 is 0 Å². The van der Waals surface area contributed by atoms with E-state index in [1.54, 1.807) is 10.7 Å². The number of hydrogen-bond acceptors (Lipinski definition) is 3. The minimum absolute atomic E-state index is 0.0505. The van der Waals surface area contributed by atoms with Gasteiger partial charge < -0.3 is 4.90 Å². The highest BCUT2D eigenvalue weighted by molar-refractivity contribution is 5.76. The molecular formula is C22H29N3O2. The number of amides is 1. The molecule has 27 heavy (non-hydrogen) atoms. The van der Waals surface area contributed by atoms with Crippen molar-refractivity contribution in [2.75, 3.05) is 13.1 Å². The Morgan fingerprint density at radius 2 is 1.85 bits per heavy atom. The predicted molar refractivity (Wildman–Crippen MR) is 107 cm³/mol. The number of nitrogens with zero attached hydrogens (tertiary/aromatic N) is 3. The molecule has 0 atom stereocenters. The van der Waals surface area contributed by atoms with Crippen LogP contribution < -0.4 is 5.56 Å². The molecule has 5 nitrogen and oxygen atoms in total. The summed E-state index contributed by atoms with van der Waals surface area (Å²) in [6, 6.07) is 11.7. The van der Waals surface area contributed by atoms with Gasteiger partial charge in [-0.15, -0.1) is 0 Å². The van der Waals surface area contributed by atoms with Gasteiger partial charge in [0.25, 0.3) is 5.56 Å². The normalized spacial score (nSPS) is 15.3. The molecule has 144 valence electrons. The largest absolute Gasteiger partial charge is 0.343 e. The molecule has 2 heterocycles. The Balaban J connectivity index is 1.68. The highest BCUT2D eigenvalue weighted by Crippen LogP contribution is 2.22. The van der Waals surface area contributed by atoms with Gasteiger partial charge in [0, 0.05) is 37.7 Å². The van der Waals surface area contributed by atoms with Crippen LogP contribution in [0, 0.1) is 18.8 Å². The van der Waals surface area contributed by atoms with Crippen molar-refractivity contribution in [2.24, 2.45) is 11.8 Å². The maximum absolute atomic E-state index is 12.4. The van der Waals surface area contributed by atoms with Gasteiger partial charge in [0.05, 0.1) is 5.69 Å². The zero-order valence-electron chi connectivity index (χ0n) is 16.5. The number of likely N-dealkylation sites (tertiary alicyclic amines) is 1. The van der Waals surface area contributed by atoms with Gasteiger partial charge in [-0.2, -0.15) is 5.10 Å². The molecule has 1 amide bonds. The molecule has 0 aliphatic carbocycles. The van der Waals surface area contributed by atoms with Crippen LogP contribution in [0.1, 0.15) is 38.7 Å². The second-order valence-electron chi connectivity index (χ2n) is 7.98. The highest BCUT2D eigenvalue weighted by Gasteiger charge is 2.24. The van der Waals surface area contributed by atoms with E-state index >= 15 is 0 Å². The Bertz CT molecular complexity index is 834. The summed E-state index contributed by atoms with van der Waals surface area (Å²) >= 11 is 0. The summed E-state index contributed by atoms with van der Waals surface area (Å²) in [7, 11) is 0. The lowest BCUT2D eigenvalue weighted by molar-refractivity contribution is -0.133. The Kier molecular flexibility index (Phi) is 6.09. The van der Waals surface area contributed by atoms with Crippen molar-refractivity contribution in [3.63, 3.8) is 0 Å². The molecule has 5 heteroatoms. The number of carbonyl (C=O) groups is 1. The van der Waals surface area contributed by atoms with Crippen LogP contribution in [0.4, 0.5) is 0 Å². The molecule has 2 aromatic rings. The highest BCUT2D eigenvalue weighted by atomic mass is 16.2. The number of benzene rings is 1.